The van der Waals surface area contributed by atoms with Crippen molar-refractivity contribution < 1.29 is 13.9 Å². The number of para-hydroxylation sites is 1. The minimum atomic E-state index is -0.486. The third-order valence-corrected chi connectivity index (χ3v) is 3.15. The van der Waals surface area contributed by atoms with Gasteiger partial charge in [-0.3, -0.25) is 4.79 Å². The quantitative estimate of drug-likeness (QED) is 0.918. The zero-order valence-corrected chi connectivity index (χ0v) is 12.4. The second-order valence-corrected chi connectivity index (χ2v) is 5.14. The molecule has 0 aliphatic rings. The van der Waals surface area contributed by atoms with E-state index in [2.05, 4.69) is 21.2 Å². The SMILES string of the molecule is Cc1cc(Br)ccc1NC(=O)COc1ccccc1F. The van der Waals surface area contributed by atoms with Crippen LogP contribution in [0.3, 0.4) is 0 Å². The predicted molar refractivity (Wildman–Crippen MR) is 79.4 cm³/mol. The Morgan fingerprint density at radius 2 is 2.05 bits per heavy atom. The van der Waals surface area contributed by atoms with Gasteiger partial charge in [0.25, 0.3) is 5.91 Å². The van der Waals surface area contributed by atoms with Crippen molar-refractivity contribution in [3.8, 4) is 5.75 Å². The van der Waals surface area contributed by atoms with Crippen molar-refractivity contribution in [1.82, 2.24) is 0 Å². The number of halogens is 2. The van der Waals surface area contributed by atoms with Gasteiger partial charge >= 0.3 is 0 Å². The number of anilines is 1. The Labute approximate surface area is 124 Å². The molecule has 0 saturated heterocycles. The van der Waals surface area contributed by atoms with Crippen molar-refractivity contribution in [2.24, 2.45) is 0 Å². The number of carbonyl (C=O) groups excluding carboxylic acids is 1. The standard InChI is InChI=1S/C15H13BrFNO2/c1-10-8-11(16)6-7-13(10)18-15(19)9-20-14-5-3-2-4-12(14)17/h2-8H,9H2,1H3,(H,18,19). The summed E-state index contributed by atoms with van der Waals surface area (Å²) in [7, 11) is 0. The highest BCUT2D eigenvalue weighted by Gasteiger charge is 2.08. The van der Waals surface area contributed by atoms with Gasteiger partial charge in [-0.05, 0) is 42.8 Å². The second kappa shape index (κ2) is 6.52. The van der Waals surface area contributed by atoms with E-state index >= 15 is 0 Å². The Kier molecular flexibility index (Phi) is 4.74. The normalized spacial score (nSPS) is 10.2. The maximum absolute atomic E-state index is 13.3. The minimum Gasteiger partial charge on any atom is -0.481 e. The second-order valence-electron chi connectivity index (χ2n) is 4.23. The zero-order chi connectivity index (χ0) is 14.5. The maximum Gasteiger partial charge on any atom is 0.262 e. The number of rotatable bonds is 4. The molecule has 0 fully saturated rings. The van der Waals surface area contributed by atoms with Crippen LogP contribution in [0.15, 0.2) is 46.9 Å². The van der Waals surface area contributed by atoms with Crippen LogP contribution in [0.1, 0.15) is 5.56 Å². The third-order valence-electron chi connectivity index (χ3n) is 2.66. The molecule has 0 spiro atoms. The van der Waals surface area contributed by atoms with Crippen molar-refractivity contribution in [2.75, 3.05) is 11.9 Å². The van der Waals surface area contributed by atoms with Gasteiger partial charge in [0.2, 0.25) is 0 Å². The summed E-state index contributed by atoms with van der Waals surface area (Å²) in [5.41, 5.74) is 1.63. The molecule has 20 heavy (non-hydrogen) atoms. The summed E-state index contributed by atoms with van der Waals surface area (Å²) in [5.74, 6) is -0.756. The predicted octanol–water partition coefficient (Wildman–Crippen LogP) is 3.91. The van der Waals surface area contributed by atoms with Crippen LogP contribution < -0.4 is 10.1 Å². The van der Waals surface area contributed by atoms with E-state index < -0.39 is 5.82 Å². The van der Waals surface area contributed by atoms with E-state index in [1.807, 2.05) is 19.1 Å². The van der Waals surface area contributed by atoms with Gasteiger partial charge in [0.1, 0.15) is 0 Å². The van der Waals surface area contributed by atoms with Crippen LogP contribution >= 0.6 is 15.9 Å². The highest BCUT2D eigenvalue weighted by Crippen LogP contribution is 2.20. The van der Waals surface area contributed by atoms with Gasteiger partial charge in [0.05, 0.1) is 0 Å². The molecule has 2 aromatic carbocycles. The van der Waals surface area contributed by atoms with Gasteiger partial charge in [-0.15, -0.1) is 0 Å². The molecule has 0 heterocycles. The molecule has 2 aromatic rings. The molecule has 2 rings (SSSR count). The molecule has 0 bridgehead atoms. The van der Waals surface area contributed by atoms with Crippen molar-refractivity contribution in [2.45, 2.75) is 6.92 Å². The fourth-order valence-corrected chi connectivity index (χ4v) is 2.13. The van der Waals surface area contributed by atoms with Crippen molar-refractivity contribution in [1.29, 1.82) is 0 Å². The van der Waals surface area contributed by atoms with Gasteiger partial charge < -0.3 is 10.1 Å². The first kappa shape index (κ1) is 14.5. The number of amides is 1. The number of benzene rings is 2. The summed E-state index contributed by atoms with van der Waals surface area (Å²) in [6.07, 6.45) is 0. The average Bonchev–Trinajstić information content (AvgIpc) is 2.41. The summed E-state index contributed by atoms with van der Waals surface area (Å²) in [4.78, 5) is 11.8. The van der Waals surface area contributed by atoms with Crippen molar-refractivity contribution in [3.05, 3.63) is 58.3 Å². The van der Waals surface area contributed by atoms with E-state index in [0.717, 1.165) is 10.0 Å². The smallest absolute Gasteiger partial charge is 0.262 e. The van der Waals surface area contributed by atoms with E-state index in [9.17, 15) is 9.18 Å². The van der Waals surface area contributed by atoms with Gasteiger partial charge in [-0.2, -0.15) is 0 Å². The monoisotopic (exact) mass is 337 g/mol. The lowest BCUT2D eigenvalue weighted by atomic mass is 10.2. The Morgan fingerprint density at radius 1 is 1.30 bits per heavy atom. The highest BCUT2D eigenvalue weighted by atomic mass is 79.9. The summed E-state index contributed by atoms with van der Waals surface area (Å²) in [6.45, 7) is 1.65. The highest BCUT2D eigenvalue weighted by molar-refractivity contribution is 9.10. The van der Waals surface area contributed by atoms with Gasteiger partial charge in [0, 0.05) is 10.2 Å². The van der Waals surface area contributed by atoms with E-state index in [4.69, 9.17) is 4.74 Å². The molecular formula is C15H13BrFNO2. The maximum atomic E-state index is 13.3. The minimum absolute atomic E-state index is 0.0650. The van der Waals surface area contributed by atoms with Crippen LogP contribution in [0.2, 0.25) is 0 Å². The zero-order valence-electron chi connectivity index (χ0n) is 10.8. The number of hydrogen-bond donors (Lipinski definition) is 1. The van der Waals surface area contributed by atoms with E-state index in [1.54, 1.807) is 18.2 Å². The van der Waals surface area contributed by atoms with E-state index in [1.165, 1.54) is 12.1 Å². The summed E-state index contributed by atoms with van der Waals surface area (Å²) in [6, 6.07) is 11.5. The number of carbonyl (C=O) groups is 1. The Hall–Kier alpha value is -1.88. The fourth-order valence-electron chi connectivity index (χ4n) is 1.66. The van der Waals surface area contributed by atoms with Crippen LogP contribution in [0, 0.1) is 12.7 Å². The lowest BCUT2D eigenvalue weighted by Crippen LogP contribution is -2.20. The molecule has 3 nitrogen and oxygen atoms in total. The molecule has 104 valence electrons. The Morgan fingerprint density at radius 3 is 2.75 bits per heavy atom. The van der Waals surface area contributed by atoms with Gasteiger partial charge in [-0.1, -0.05) is 28.1 Å². The van der Waals surface area contributed by atoms with E-state index in [0.29, 0.717) is 5.69 Å². The molecule has 0 radical (unpaired) electrons. The van der Waals surface area contributed by atoms with Crippen LogP contribution in [0.4, 0.5) is 10.1 Å². The molecule has 1 amide bonds. The third kappa shape index (κ3) is 3.81. The van der Waals surface area contributed by atoms with Crippen LogP contribution in [0.25, 0.3) is 0 Å². The van der Waals surface area contributed by atoms with E-state index in [-0.39, 0.29) is 18.3 Å². The Balaban J connectivity index is 1.94. The van der Waals surface area contributed by atoms with Crippen LogP contribution in [0.5, 0.6) is 5.75 Å². The molecule has 0 unspecified atom stereocenters. The lowest BCUT2D eigenvalue weighted by molar-refractivity contribution is -0.118. The number of ether oxygens (including phenoxy) is 1. The van der Waals surface area contributed by atoms with Gasteiger partial charge in [-0.25, -0.2) is 4.39 Å². The van der Waals surface area contributed by atoms with Crippen molar-refractivity contribution in [3.63, 3.8) is 0 Å². The average molecular weight is 338 g/mol. The van der Waals surface area contributed by atoms with Crippen molar-refractivity contribution >= 4 is 27.5 Å². The van der Waals surface area contributed by atoms with Crippen LogP contribution in [-0.4, -0.2) is 12.5 Å². The molecular weight excluding hydrogens is 325 g/mol. The molecule has 0 aliphatic heterocycles. The van der Waals surface area contributed by atoms with Crippen LogP contribution in [-0.2, 0) is 4.79 Å². The Bertz CT molecular complexity index is 631. The summed E-state index contributed by atoms with van der Waals surface area (Å²) in [5, 5.41) is 2.72. The number of nitrogens with one attached hydrogen (secondary N) is 1. The fraction of sp³-hybridized carbons (Fsp3) is 0.133. The first-order valence-corrected chi connectivity index (χ1v) is 6.79. The molecule has 1 N–H and O–H groups in total. The molecule has 5 heteroatoms. The molecule has 0 aliphatic carbocycles. The first-order chi connectivity index (χ1) is 9.56. The molecule has 0 aromatic heterocycles. The topological polar surface area (TPSA) is 38.3 Å². The molecule has 0 saturated carbocycles. The number of aryl methyl sites for hydroxylation is 1. The van der Waals surface area contributed by atoms with Gasteiger partial charge in [0.15, 0.2) is 18.2 Å². The first-order valence-electron chi connectivity index (χ1n) is 5.99. The summed E-state index contributed by atoms with van der Waals surface area (Å²) < 4.78 is 19.4. The summed E-state index contributed by atoms with van der Waals surface area (Å²) >= 11 is 3.35. The lowest BCUT2D eigenvalue weighted by Gasteiger charge is -2.10. The number of hydrogen-bond acceptors (Lipinski definition) is 2. The molecule has 0 atom stereocenters. The largest absolute Gasteiger partial charge is 0.481 e.